The Bertz CT molecular complexity index is 1420. The molecule has 3 aromatic carbocycles. The molecule has 0 aliphatic heterocycles. The number of rotatable bonds is 8. The fourth-order valence-electron chi connectivity index (χ4n) is 3.09. The van der Waals surface area contributed by atoms with Gasteiger partial charge in [-0.05, 0) is 78.6 Å². The molecule has 0 spiro atoms. The lowest BCUT2D eigenvalue weighted by Crippen LogP contribution is -2.50. The molecule has 0 aliphatic carbocycles. The minimum Gasteiger partial charge on any atom is -0.376 e. The van der Waals surface area contributed by atoms with Crippen LogP contribution in [0, 0.1) is 29.5 Å². The van der Waals surface area contributed by atoms with Gasteiger partial charge in [0, 0.05) is 34.6 Å². The number of carbonyl (C=O) groups is 3. The maximum absolute atomic E-state index is 13.2. The molecular formula is C29H28FN5O4. The molecule has 3 rings (SSSR count). The van der Waals surface area contributed by atoms with Crippen LogP contribution in [0.1, 0.15) is 28.9 Å². The summed E-state index contributed by atoms with van der Waals surface area (Å²) in [6.45, 7) is -0.186. The molecule has 200 valence electrons. The monoisotopic (exact) mass is 529 g/mol. The fourth-order valence-corrected chi connectivity index (χ4v) is 3.09. The highest BCUT2D eigenvalue weighted by molar-refractivity contribution is 5.97. The summed E-state index contributed by atoms with van der Waals surface area (Å²) in [5.74, 6) is 9.25. The van der Waals surface area contributed by atoms with Crippen molar-refractivity contribution in [3.8, 4) is 23.7 Å². The first-order valence-corrected chi connectivity index (χ1v) is 11.3. The van der Waals surface area contributed by atoms with Gasteiger partial charge in [-0.2, -0.15) is 0 Å². The van der Waals surface area contributed by atoms with Crippen molar-refractivity contribution in [3.05, 3.63) is 95.3 Å². The summed E-state index contributed by atoms with van der Waals surface area (Å²) in [6, 6.07) is 18.0. The van der Waals surface area contributed by atoms with E-state index < -0.39 is 17.9 Å². The number of anilines is 2. The number of benzene rings is 3. The molecule has 0 bridgehead atoms. The first kappa shape index (κ1) is 30.1. The Morgan fingerprint density at radius 3 is 2.08 bits per heavy atom. The number of halogens is 1. The standard InChI is InChI=1S/C28H24FN5O4.CH4/c29-22-6-3-7-24(16-22)31-18-26(35)32-23-14-10-20(11-15-23)5-2-1-4-19-8-12-21(13-9-19)27(36)33-25(17-30)28(37)34-38;/h3,6-16,25,31,38H,17-18,30H2,(H,32,35)(H,33,36)(H,34,37);1H4/t25-;/m0./s1. The van der Waals surface area contributed by atoms with Gasteiger partial charge < -0.3 is 21.7 Å². The molecule has 0 aliphatic rings. The predicted molar refractivity (Wildman–Crippen MR) is 147 cm³/mol. The maximum atomic E-state index is 13.2. The minimum absolute atomic E-state index is 0. The molecule has 0 heterocycles. The Kier molecular flexibility index (Phi) is 11.7. The molecule has 10 heteroatoms. The molecule has 0 radical (unpaired) electrons. The number of nitrogens with two attached hydrogens (primary N) is 1. The number of hydroxylamine groups is 1. The summed E-state index contributed by atoms with van der Waals surface area (Å²) in [6.07, 6.45) is 0. The zero-order valence-electron chi connectivity index (χ0n) is 20.0. The van der Waals surface area contributed by atoms with E-state index in [1.807, 2.05) is 0 Å². The van der Waals surface area contributed by atoms with Gasteiger partial charge in [-0.3, -0.25) is 19.6 Å². The lowest BCUT2D eigenvalue weighted by molar-refractivity contribution is -0.130. The fraction of sp³-hybridized carbons (Fsp3) is 0.138. The van der Waals surface area contributed by atoms with Gasteiger partial charge in [-0.15, -0.1) is 0 Å². The lowest BCUT2D eigenvalue weighted by atomic mass is 10.1. The van der Waals surface area contributed by atoms with Crippen molar-refractivity contribution in [2.24, 2.45) is 5.73 Å². The quantitative estimate of drug-likeness (QED) is 0.150. The van der Waals surface area contributed by atoms with Crippen LogP contribution < -0.4 is 27.2 Å². The zero-order chi connectivity index (χ0) is 27.3. The van der Waals surface area contributed by atoms with Gasteiger partial charge in [0.25, 0.3) is 11.8 Å². The van der Waals surface area contributed by atoms with E-state index in [0.717, 1.165) is 0 Å². The van der Waals surface area contributed by atoms with Crippen LogP contribution in [-0.2, 0) is 9.59 Å². The van der Waals surface area contributed by atoms with E-state index in [1.54, 1.807) is 48.5 Å². The number of nitrogens with one attached hydrogen (secondary N) is 4. The number of hydrogen-bond acceptors (Lipinski definition) is 6. The SMILES string of the molecule is C.NC[C@H](NC(=O)c1ccc(C#CC#Cc2ccc(NC(=O)CNc3cccc(F)c3)cc2)cc1)C(=O)NO. The molecule has 0 saturated heterocycles. The van der Waals surface area contributed by atoms with Crippen molar-refractivity contribution in [2.75, 3.05) is 23.7 Å². The molecule has 0 fully saturated rings. The van der Waals surface area contributed by atoms with E-state index in [0.29, 0.717) is 28.1 Å². The highest BCUT2D eigenvalue weighted by Crippen LogP contribution is 2.11. The third-order valence-electron chi connectivity index (χ3n) is 5.04. The molecule has 0 aromatic heterocycles. The Balaban J connectivity index is 0.00000533. The van der Waals surface area contributed by atoms with Crippen molar-refractivity contribution in [3.63, 3.8) is 0 Å². The summed E-state index contributed by atoms with van der Waals surface area (Å²) < 4.78 is 13.2. The molecule has 0 unspecified atom stereocenters. The van der Waals surface area contributed by atoms with Gasteiger partial charge in [-0.1, -0.05) is 25.3 Å². The van der Waals surface area contributed by atoms with E-state index in [9.17, 15) is 18.8 Å². The molecule has 7 N–H and O–H groups in total. The van der Waals surface area contributed by atoms with Crippen LogP contribution in [0.25, 0.3) is 0 Å². The molecule has 0 saturated carbocycles. The second-order valence-corrected chi connectivity index (χ2v) is 7.80. The van der Waals surface area contributed by atoms with Crippen molar-refractivity contribution in [1.82, 2.24) is 10.8 Å². The Labute approximate surface area is 226 Å². The molecule has 1 atom stereocenters. The number of carbonyl (C=O) groups excluding carboxylic acids is 3. The van der Waals surface area contributed by atoms with Gasteiger partial charge in [-0.25, -0.2) is 9.87 Å². The lowest BCUT2D eigenvalue weighted by Gasteiger charge is -2.14. The van der Waals surface area contributed by atoms with Gasteiger partial charge in [0.15, 0.2) is 0 Å². The predicted octanol–water partition coefficient (Wildman–Crippen LogP) is 2.48. The molecule has 3 amide bonds. The normalized spacial score (nSPS) is 10.2. The second-order valence-electron chi connectivity index (χ2n) is 7.80. The molecule has 3 aromatic rings. The van der Waals surface area contributed by atoms with E-state index in [-0.39, 0.29) is 32.2 Å². The third kappa shape index (κ3) is 9.67. The third-order valence-corrected chi connectivity index (χ3v) is 5.04. The van der Waals surface area contributed by atoms with Crippen molar-refractivity contribution >= 4 is 29.1 Å². The van der Waals surface area contributed by atoms with Crippen LogP contribution >= 0.6 is 0 Å². The van der Waals surface area contributed by atoms with Crippen molar-refractivity contribution in [2.45, 2.75) is 13.5 Å². The van der Waals surface area contributed by atoms with Crippen LogP contribution in [-0.4, -0.2) is 42.1 Å². The van der Waals surface area contributed by atoms with Crippen molar-refractivity contribution < 1.29 is 24.0 Å². The maximum Gasteiger partial charge on any atom is 0.267 e. The molecule has 9 nitrogen and oxygen atoms in total. The zero-order valence-corrected chi connectivity index (χ0v) is 20.0. The average molecular weight is 530 g/mol. The summed E-state index contributed by atoms with van der Waals surface area (Å²) >= 11 is 0. The van der Waals surface area contributed by atoms with E-state index in [2.05, 4.69) is 39.6 Å². The van der Waals surface area contributed by atoms with Crippen molar-refractivity contribution in [1.29, 1.82) is 0 Å². The second kappa shape index (κ2) is 15.2. The van der Waals surface area contributed by atoms with Gasteiger partial charge in [0.2, 0.25) is 5.91 Å². The van der Waals surface area contributed by atoms with E-state index >= 15 is 0 Å². The highest BCUT2D eigenvalue weighted by Gasteiger charge is 2.19. The summed E-state index contributed by atoms with van der Waals surface area (Å²) in [4.78, 5) is 35.8. The summed E-state index contributed by atoms with van der Waals surface area (Å²) in [5.41, 5.74) is 9.60. The van der Waals surface area contributed by atoms with Crippen LogP contribution in [0.3, 0.4) is 0 Å². The van der Waals surface area contributed by atoms with E-state index in [4.69, 9.17) is 10.9 Å². The number of hydrogen-bond donors (Lipinski definition) is 6. The minimum atomic E-state index is -1.06. The summed E-state index contributed by atoms with van der Waals surface area (Å²) in [5, 5.41) is 16.7. The smallest absolute Gasteiger partial charge is 0.267 e. The largest absolute Gasteiger partial charge is 0.376 e. The van der Waals surface area contributed by atoms with Gasteiger partial charge >= 0.3 is 0 Å². The first-order valence-electron chi connectivity index (χ1n) is 11.3. The van der Waals surface area contributed by atoms with E-state index in [1.165, 1.54) is 29.7 Å². The first-order chi connectivity index (χ1) is 18.4. The van der Waals surface area contributed by atoms with Gasteiger partial charge in [0.1, 0.15) is 11.9 Å². The van der Waals surface area contributed by atoms with Crippen LogP contribution in [0.2, 0.25) is 0 Å². The molecule has 39 heavy (non-hydrogen) atoms. The molecular weight excluding hydrogens is 501 g/mol. The van der Waals surface area contributed by atoms with Gasteiger partial charge in [0.05, 0.1) is 6.54 Å². The Hall–Kier alpha value is -5.16. The Morgan fingerprint density at radius 2 is 1.51 bits per heavy atom. The average Bonchev–Trinajstić information content (AvgIpc) is 2.93. The summed E-state index contributed by atoms with van der Waals surface area (Å²) in [7, 11) is 0. The topological polar surface area (TPSA) is 146 Å². The van der Waals surface area contributed by atoms with Crippen LogP contribution in [0.5, 0.6) is 0 Å². The highest BCUT2D eigenvalue weighted by atomic mass is 19.1. The van der Waals surface area contributed by atoms with Crippen LogP contribution in [0.15, 0.2) is 72.8 Å². The number of amides is 3. The Morgan fingerprint density at radius 1 is 0.897 bits per heavy atom. The van der Waals surface area contributed by atoms with Crippen LogP contribution in [0.4, 0.5) is 15.8 Å².